The monoisotopic (exact) mass is 196 g/mol. The summed E-state index contributed by atoms with van der Waals surface area (Å²) in [6.45, 7) is 1.98. The van der Waals surface area contributed by atoms with Crippen LogP contribution in [0.15, 0.2) is 17.5 Å². The maximum atomic E-state index is 10.2. The zero-order valence-electron chi connectivity index (χ0n) is 7.99. The van der Waals surface area contributed by atoms with E-state index in [4.69, 9.17) is 0 Å². The Morgan fingerprint density at radius 1 is 1.54 bits per heavy atom. The predicted molar refractivity (Wildman–Crippen MR) is 56.2 cm³/mol. The number of hydrogen-bond acceptors (Lipinski definition) is 2. The third-order valence-electron chi connectivity index (χ3n) is 3.06. The van der Waals surface area contributed by atoms with Gasteiger partial charge in [-0.2, -0.15) is 0 Å². The summed E-state index contributed by atoms with van der Waals surface area (Å²) in [5, 5.41) is 12.3. The summed E-state index contributed by atoms with van der Waals surface area (Å²) in [6, 6.07) is 4.22. The zero-order chi connectivity index (χ0) is 9.31. The van der Waals surface area contributed by atoms with E-state index >= 15 is 0 Å². The van der Waals surface area contributed by atoms with Crippen LogP contribution < -0.4 is 0 Å². The lowest BCUT2D eigenvalue weighted by atomic mass is 9.76. The van der Waals surface area contributed by atoms with Crippen LogP contribution in [0, 0.1) is 0 Å². The number of aliphatic hydroxyl groups is 1. The summed E-state index contributed by atoms with van der Waals surface area (Å²) in [5.74, 6) is 0.376. The molecule has 0 radical (unpaired) electrons. The first-order chi connectivity index (χ1) is 6.20. The highest BCUT2D eigenvalue weighted by Crippen LogP contribution is 2.41. The van der Waals surface area contributed by atoms with E-state index in [1.807, 2.05) is 6.92 Å². The van der Waals surface area contributed by atoms with Gasteiger partial charge in [0.15, 0.2) is 0 Å². The van der Waals surface area contributed by atoms with Crippen LogP contribution in [0.2, 0.25) is 0 Å². The second-order valence-corrected chi connectivity index (χ2v) is 5.15. The summed E-state index contributed by atoms with van der Waals surface area (Å²) in [5.41, 5.74) is -0.469. The Labute approximate surface area is 83.4 Å². The highest BCUT2D eigenvalue weighted by molar-refractivity contribution is 7.10. The van der Waals surface area contributed by atoms with Crippen molar-refractivity contribution in [1.82, 2.24) is 0 Å². The van der Waals surface area contributed by atoms with Crippen LogP contribution in [-0.4, -0.2) is 10.7 Å². The van der Waals surface area contributed by atoms with Crippen LogP contribution in [0.25, 0.3) is 0 Å². The topological polar surface area (TPSA) is 20.2 Å². The second kappa shape index (κ2) is 3.43. The van der Waals surface area contributed by atoms with E-state index < -0.39 is 5.60 Å². The molecule has 1 heterocycles. The van der Waals surface area contributed by atoms with Gasteiger partial charge in [-0.25, -0.2) is 0 Å². The van der Waals surface area contributed by atoms with Gasteiger partial charge in [0, 0.05) is 10.8 Å². The summed E-state index contributed by atoms with van der Waals surface area (Å²) in [6.07, 6.45) is 4.54. The molecular weight excluding hydrogens is 180 g/mol. The Kier molecular flexibility index (Phi) is 2.43. The third-order valence-corrected chi connectivity index (χ3v) is 4.05. The Hall–Kier alpha value is -0.340. The van der Waals surface area contributed by atoms with E-state index in [0.717, 1.165) is 12.8 Å². The lowest BCUT2D eigenvalue weighted by molar-refractivity contribution is 0.00179. The van der Waals surface area contributed by atoms with Crippen LogP contribution in [-0.2, 0) is 0 Å². The summed E-state index contributed by atoms with van der Waals surface area (Å²) in [7, 11) is 0. The molecule has 0 amide bonds. The van der Waals surface area contributed by atoms with Crippen LogP contribution >= 0.6 is 11.3 Å². The molecule has 1 N–H and O–H groups in total. The van der Waals surface area contributed by atoms with Crippen molar-refractivity contribution in [2.75, 3.05) is 0 Å². The summed E-state index contributed by atoms with van der Waals surface area (Å²) < 4.78 is 0. The molecule has 1 aliphatic carbocycles. The van der Waals surface area contributed by atoms with Crippen molar-refractivity contribution in [3.63, 3.8) is 0 Å². The number of thiophene rings is 1. The van der Waals surface area contributed by atoms with Crippen molar-refractivity contribution in [2.24, 2.45) is 0 Å². The number of rotatable bonds is 1. The fourth-order valence-corrected chi connectivity index (χ4v) is 3.26. The Morgan fingerprint density at radius 3 is 3.00 bits per heavy atom. The van der Waals surface area contributed by atoms with Crippen LogP contribution in [0.3, 0.4) is 0 Å². The average molecular weight is 196 g/mol. The van der Waals surface area contributed by atoms with Gasteiger partial charge in [-0.3, -0.25) is 0 Å². The fourth-order valence-electron chi connectivity index (χ4n) is 2.25. The van der Waals surface area contributed by atoms with Gasteiger partial charge in [-0.1, -0.05) is 18.9 Å². The van der Waals surface area contributed by atoms with Crippen molar-refractivity contribution >= 4 is 11.3 Å². The number of hydrogen-bond donors (Lipinski definition) is 1. The maximum Gasteiger partial charge on any atom is 0.0695 e. The summed E-state index contributed by atoms with van der Waals surface area (Å²) >= 11 is 1.77. The molecule has 2 rings (SSSR count). The highest BCUT2D eigenvalue weighted by atomic mass is 32.1. The normalized spacial score (nSPS) is 34.8. The molecule has 1 aromatic rings. The quantitative estimate of drug-likeness (QED) is 0.731. The molecule has 1 saturated carbocycles. The average Bonchev–Trinajstić information content (AvgIpc) is 2.55. The standard InChI is InChI=1S/C11H16OS/c1-11(12)7-3-2-5-9(11)10-6-4-8-13-10/h4,6,8-9,12H,2-3,5,7H2,1H3. The minimum atomic E-state index is -0.469. The molecule has 2 atom stereocenters. The summed E-state index contributed by atoms with van der Waals surface area (Å²) in [4.78, 5) is 1.35. The van der Waals surface area contributed by atoms with E-state index in [1.165, 1.54) is 17.7 Å². The first kappa shape index (κ1) is 9.22. The highest BCUT2D eigenvalue weighted by Gasteiger charge is 2.35. The van der Waals surface area contributed by atoms with Crippen molar-refractivity contribution in [3.05, 3.63) is 22.4 Å². The smallest absolute Gasteiger partial charge is 0.0695 e. The molecule has 1 aliphatic rings. The first-order valence-electron chi connectivity index (χ1n) is 4.96. The molecular formula is C11H16OS. The van der Waals surface area contributed by atoms with Crippen molar-refractivity contribution in [2.45, 2.75) is 44.1 Å². The molecule has 2 heteroatoms. The van der Waals surface area contributed by atoms with E-state index in [0.29, 0.717) is 5.92 Å². The van der Waals surface area contributed by atoms with E-state index in [9.17, 15) is 5.11 Å². The van der Waals surface area contributed by atoms with E-state index in [2.05, 4.69) is 17.5 Å². The molecule has 13 heavy (non-hydrogen) atoms. The third kappa shape index (κ3) is 1.79. The molecule has 0 aromatic carbocycles. The Balaban J connectivity index is 2.21. The lowest BCUT2D eigenvalue weighted by Crippen LogP contribution is -2.35. The molecule has 1 fully saturated rings. The maximum absolute atomic E-state index is 10.2. The predicted octanol–water partition coefficient (Wildman–Crippen LogP) is 3.16. The minimum absolute atomic E-state index is 0.376. The fraction of sp³-hybridized carbons (Fsp3) is 0.636. The molecule has 1 nitrogen and oxygen atoms in total. The zero-order valence-corrected chi connectivity index (χ0v) is 8.81. The van der Waals surface area contributed by atoms with Crippen molar-refractivity contribution in [1.29, 1.82) is 0 Å². The van der Waals surface area contributed by atoms with E-state index in [-0.39, 0.29) is 0 Å². The minimum Gasteiger partial charge on any atom is -0.390 e. The SMILES string of the molecule is CC1(O)CCCCC1c1cccs1. The van der Waals surface area contributed by atoms with E-state index in [1.54, 1.807) is 11.3 Å². The molecule has 2 unspecified atom stereocenters. The first-order valence-corrected chi connectivity index (χ1v) is 5.84. The van der Waals surface area contributed by atoms with Gasteiger partial charge < -0.3 is 5.11 Å². The van der Waals surface area contributed by atoms with Crippen molar-refractivity contribution < 1.29 is 5.11 Å². The largest absolute Gasteiger partial charge is 0.390 e. The molecule has 0 bridgehead atoms. The van der Waals surface area contributed by atoms with Gasteiger partial charge >= 0.3 is 0 Å². The molecule has 0 aliphatic heterocycles. The molecule has 72 valence electrons. The van der Waals surface area contributed by atoms with Gasteiger partial charge in [0.25, 0.3) is 0 Å². The lowest BCUT2D eigenvalue weighted by Gasteiger charge is -2.36. The Bertz CT molecular complexity index is 264. The van der Waals surface area contributed by atoms with Gasteiger partial charge in [0.2, 0.25) is 0 Å². The molecule has 1 aromatic heterocycles. The molecule has 0 spiro atoms. The second-order valence-electron chi connectivity index (χ2n) is 4.17. The molecule has 0 saturated heterocycles. The van der Waals surface area contributed by atoms with Crippen LogP contribution in [0.4, 0.5) is 0 Å². The van der Waals surface area contributed by atoms with Crippen LogP contribution in [0.1, 0.15) is 43.4 Å². The van der Waals surface area contributed by atoms with Gasteiger partial charge in [-0.05, 0) is 31.2 Å². The van der Waals surface area contributed by atoms with Gasteiger partial charge in [0.1, 0.15) is 0 Å². The van der Waals surface area contributed by atoms with Crippen LogP contribution in [0.5, 0.6) is 0 Å². The van der Waals surface area contributed by atoms with Gasteiger partial charge in [-0.15, -0.1) is 11.3 Å². The Morgan fingerprint density at radius 2 is 2.38 bits per heavy atom. The van der Waals surface area contributed by atoms with Crippen molar-refractivity contribution in [3.8, 4) is 0 Å². The van der Waals surface area contributed by atoms with Gasteiger partial charge in [0.05, 0.1) is 5.60 Å².